The Hall–Kier alpha value is -1.55. The summed E-state index contributed by atoms with van der Waals surface area (Å²) in [5.41, 5.74) is 6.71. The van der Waals surface area contributed by atoms with Crippen LogP contribution in [0, 0.1) is 5.92 Å². The lowest BCUT2D eigenvalue weighted by molar-refractivity contribution is -0.129. The highest BCUT2D eigenvalue weighted by Gasteiger charge is 2.28. The van der Waals surface area contributed by atoms with Crippen molar-refractivity contribution in [2.45, 2.75) is 25.8 Å². The lowest BCUT2D eigenvalue weighted by Crippen LogP contribution is -2.33. The van der Waals surface area contributed by atoms with Crippen molar-refractivity contribution in [2.75, 3.05) is 13.1 Å². The predicted octanol–water partition coefficient (Wildman–Crippen LogP) is 1.13. The Kier molecular flexibility index (Phi) is 3.87. The van der Waals surface area contributed by atoms with E-state index in [1.165, 1.54) is 0 Å². The zero-order valence-electron chi connectivity index (χ0n) is 10.7. The molecular formula is C14H20N2O2. The van der Waals surface area contributed by atoms with Crippen molar-refractivity contribution in [1.29, 1.82) is 0 Å². The van der Waals surface area contributed by atoms with Crippen molar-refractivity contribution < 1.29 is 9.90 Å². The fourth-order valence-corrected chi connectivity index (χ4v) is 2.40. The Morgan fingerprint density at radius 1 is 1.61 bits per heavy atom. The molecule has 3 N–H and O–H groups in total. The summed E-state index contributed by atoms with van der Waals surface area (Å²) in [6, 6.07) is 7.00. The van der Waals surface area contributed by atoms with Gasteiger partial charge in [0.1, 0.15) is 5.75 Å². The number of amides is 1. The molecule has 0 bridgehead atoms. The summed E-state index contributed by atoms with van der Waals surface area (Å²) in [7, 11) is 0. The van der Waals surface area contributed by atoms with Crippen LogP contribution < -0.4 is 5.73 Å². The molecule has 4 heteroatoms. The van der Waals surface area contributed by atoms with Gasteiger partial charge in [0.15, 0.2) is 0 Å². The lowest BCUT2D eigenvalue weighted by atomic mass is 10.0. The second-order valence-electron chi connectivity index (χ2n) is 5.09. The van der Waals surface area contributed by atoms with E-state index in [0.29, 0.717) is 12.3 Å². The van der Waals surface area contributed by atoms with Crippen molar-refractivity contribution in [1.82, 2.24) is 4.90 Å². The van der Waals surface area contributed by atoms with Crippen LogP contribution in [0.3, 0.4) is 0 Å². The molecule has 98 valence electrons. The van der Waals surface area contributed by atoms with Gasteiger partial charge in [-0.25, -0.2) is 0 Å². The normalized spacial score (nSPS) is 21.0. The van der Waals surface area contributed by atoms with Crippen molar-refractivity contribution in [3.63, 3.8) is 0 Å². The van der Waals surface area contributed by atoms with E-state index in [-0.39, 0.29) is 17.7 Å². The van der Waals surface area contributed by atoms with E-state index < -0.39 is 0 Å². The van der Waals surface area contributed by atoms with Gasteiger partial charge in [-0.15, -0.1) is 0 Å². The average molecular weight is 248 g/mol. The molecular weight excluding hydrogens is 228 g/mol. The molecule has 1 aliphatic heterocycles. The number of carbonyl (C=O) groups excluding carboxylic acids is 1. The predicted molar refractivity (Wildman–Crippen MR) is 70.1 cm³/mol. The molecule has 1 aliphatic rings. The van der Waals surface area contributed by atoms with Crippen molar-refractivity contribution in [3.05, 3.63) is 29.8 Å². The van der Waals surface area contributed by atoms with E-state index in [2.05, 4.69) is 0 Å². The smallest absolute Gasteiger partial charge is 0.227 e. The average Bonchev–Trinajstić information content (AvgIpc) is 2.78. The molecule has 18 heavy (non-hydrogen) atoms. The van der Waals surface area contributed by atoms with Gasteiger partial charge in [-0.3, -0.25) is 4.79 Å². The molecule has 1 aromatic carbocycles. The minimum absolute atomic E-state index is 0.115. The van der Waals surface area contributed by atoms with Crippen molar-refractivity contribution in [2.24, 2.45) is 11.7 Å². The van der Waals surface area contributed by atoms with Gasteiger partial charge in [0, 0.05) is 19.1 Å². The van der Waals surface area contributed by atoms with Crippen molar-refractivity contribution in [3.8, 4) is 5.75 Å². The first-order valence-corrected chi connectivity index (χ1v) is 6.37. The second-order valence-corrected chi connectivity index (χ2v) is 5.09. The molecule has 2 atom stereocenters. The number of hydrogen-bond donors (Lipinski definition) is 2. The third-order valence-electron chi connectivity index (χ3n) is 3.59. The van der Waals surface area contributed by atoms with Crippen LogP contribution in [0.15, 0.2) is 24.3 Å². The highest BCUT2D eigenvalue weighted by molar-refractivity contribution is 5.79. The Labute approximate surface area is 107 Å². The Morgan fingerprint density at radius 2 is 2.39 bits per heavy atom. The fourth-order valence-electron chi connectivity index (χ4n) is 2.40. The summed E-state index contributed by atoms with van der Waals surface area (Å²) < 4.78 is 0. The Bertz CT molecular complexity index is 432. The van der Waals surface area contributed by atoms with Gasteiger partial charge >= 0.3 is 0 Å². The van der Waals surface area contributed by atoms with Crippen LogP contribution in [-0.2, 0) is 11.2 Å². The molecule has 0 aliphatic carbocycles. The van der Waals surface area contributed by atoms with Crippen LogP contribution in [0.5, 0.6) is 5.75 Å². The topological polar surface area (TPSA) is 66.6 Å². The fraction of sp³-hybridized carbons (Fsp3) is 0.500. The SMILES string of the molecule is CC(N)C1CCN(C(=O)Cc2cccc(O)c2)C1. The van der Waals surface area contributed by atoms with E-state index in [1.54, 1.807) is 18.2 Å². The minimum Gasteiger partial charge on any atom is -0.508 e. The molecule has 0 radical (unpaired) electrons. The molecule has 1 aromatic rings. The molecule has 0 aromatic heterocycles. The van der Waals surface area contributed by atoms with Crippen LogP contribution >= 0.6 is 0 Å². The molecule has 2 rings (SSSR count). The van der Waals surface area contributed by atoms with E-state index in [1.807, 2.05) is 17.9 Å². The van der Waals surface area contributed by atoms with Crippen LogP contribution in [0.1, 0.15) is 18.9 Å². The molecule has 1 fully saturated rings. The van der Waals surface area contributed by atoms with Gasteiger partial charge in [-0.2, -0.15) is 0 Å². The van der Waals surface area contributed by atoms with Crippen LogP contribution in [0.25, 0.3) is 0 Å². The van der Waals surface area contributed by atoms with Gasteiger partial charge in [-0.1, -0.05) is 12.1 Å². The number of aromatic hydroxyl groups is 1. The number of nitrogens with two attached hydrogens (primary N) is 1. The number of carbonyl (C=O) groups is 1. The number of likely N-dealkylation sites (tertiary alicyclic amines) is 1. The second kappa shape index (κ2) is 5.40. The molecule has 1 saturated heterocycles. The molecule has 1 heterocycles. The van der Waals surface area contributed by atoms with Crippen molar-refractivity contribution >= 4 is 5.91 Å². The Balaban J connectivity index is 1.93. The first-order valence-electron chi connectivity index (χ1n) is 6.37. The summed E-state index contributed by atoms with van der Waals surface area (Å²) in [5.74, 6) is 0.733. The minimum atomic E-state index is 0.115. The number of phenolic OH excluding ortho intramolecular Hbond substituents is 1. The number of rotatable bonds is 3. The van der Waals surface area contributed by atoms with E-state index in [0.717, 1.165) is 25.1 Å². The lowest BCUT2D eigenvalue weighted by Gasteiger charge is -2.18. The highest BCUT2D eigenvalue weighted by atomic mass is 16.3. The summed E-state index contributed by atoms with van der Waals surface area (Å²) in [4.78, 5) is 14.0. The number of phenols is 1. The maximum absolute atomic E-state index is 12.1. The quantitative estimate of drug-likeness (QED) is 0.842. The molecule has 0 saturated carbocycles. The van der Waals surface area contributed by atoms with E-state index in [4.69, 9.17) is 5.73 Å². The van der Waals surface area contributed by atoms with E-state index >= 15 is 0 Å². The van der Waals surface area contributed by atoms with Gasteiger partial charge in [0.25, 0.3) is 0 Å². The number of nitrogens with zero attached hydrogens (tertiary/aromatic N) is 1. The molecule has 1 amide bonds. The van der Waals surface area contributed by atoms with Gasteiger partial charge in [0.2, 0.25) is 5.91 Å². The third-order valence-corrected chi connectivity index (χ3v) is 3.59. The van der Waals surface area contributed by atoms with Gasteiger partial charge < -0.3 is 15.7 Å². The summed E-state index contributed by atoms with van der Waals surface area (Å²) in [6.45, 7) is 3.55. The van der Waals surface area contributed by atoms with Gasteiger partial charge in [-0.05, 0) is 37.0 Å². The maximum atomic E-state index is 12.1. The summed E-state index contributed by atoms with van der Waals surface area (Å²) in [6.07, 6.45) is 1.34. The molecule has 0 spiro atoms. The van der Waals surface area contributed by atoms with E-state index in [9.17, 15) is 9.90 Å². The van der Waals surface area contributed by atoms with Crippen LogP contribution in [0.2, 0.25) is 0 Å². The first-order chi connectivity index (χ1) is 8.56. The third kappa shape index (κ3) is 3.01. The monoisotopic (exact) mass is 248 g/mol. The largest absolute Gasteiger partial charge is 0.508 e. The van der Waals surface area contributed by atoms with Gasteiger partial charge in [0.05, 0.1) is 6.42 Å². The number of hydrogen-bond acceptors (Lipinski definition) is 3. The Morgan fingerprint density at radius 3 is 3.00 bits per heavy atom. The summed E-state index contributed by atoms with van der Waals surface area (Å²) in [5, 5.41) is 9.36. The van der Waals surface area contributed by atoms with Crippen LogP contribution in [-0.4, -0.2) is 35.0 Å². The molecule has 2 unspecified atom stereocenters. The maximum Gasteiger partial charge on any atom is 0.227 e. The zero-order chi connectivity index (χ0) is 13.1. The van der Waals surface area contributed by atoms with Crippen LogP contribution in [0.4, 0.5) is 0 Å². The highest BCUT2D eigenvalue weighted by Crippen LogP contribution is 2.20. The number of benzene rings is 1. The first kappa shape index (κ1) is 12.9. The molecule has 4 nitrogen and oxygen atoms in total. The summed E-state index contributed by atoms with van der Waals surface area (Å²) >= 11 is 0. The zero-order valence-corrected chi connectivity index (χ0v) is 10.7. The standard InChI is InChI=1S/C14H20N2O2/c1-10(15)12-5-6-16(9-12)14(18)8-11-3-2-4-13(17)7-11/h2-4,7,10,12,17H,5-6,8-9,15H2,1H3.